The van der Waals surface area contributed by atoms with E-state index in [9.17, 15) is 4.79 Å². The molecule has 180 valence electrons. The number of nitrogens with one attached hydrogen (secondary N) is 3. The lowest BCUT2D eigenvalue weighted by Crippen LogP contribution is -2.43. The second kappa shape index (κ2) is 10.2. The molecule has 0 bridgehead atoms. The van der Waals surface area contributed by atoms with Gasteiger partial charge in [0.15, 0.2) is 0 Å². The van der Waals surface area contributed by atoms with E-state index in [1.54, 1.807) is 6.20 Å². The van der Waals surface area contributed by atoms with Crippen LogP contribution in [0, 0.1) is 6.92 Å². The highest BCUT2D eigenvalue weighted by Crippen LogP contribution is 2.25. The van der Waals surface area contributed by atoms with Crippen LogP contribution in [0.4, 0.5) is 11.4 Å². The minimum Gasteiger partial charge on any atom is -0.371 e. The Morgan fingerprint density at radius 1 is 1.14 bits per heavy atom. The van der Waals surface area contributed by atoms with Gasteiger partial charge in [-0.05, 0) is 68.1 Å². The van der Waals surface area contributed by atoms with Crippen molar-refractivity contribution in [3.8, 4) is 0 Å². The van der Waals surface area contributed by atoms with Crippen LogP contribution in [0.15, 0.2) is 61.1 Å². The number of fused-ring (bicyclic) bond motifs is 1. The fourth-order valence-corrected chi connectivity index (χ4v) is 4.65. The zero-order valence-electron chi connectivity index (χ0n) is 20.2. The maximum atomic E-state index is 12.3. The molecule has 3 N–H and O–H groups in total. The molecule has 0 aliphatic carbocycles. The summed E-state index contributed by atoms with van der Waals surface area (Å²) in [5, 5.41) is 6.71. The molecular weight excluding hydrogens is 438 g/mol. The highest BCUT2D eigenvalue weighted by atomic mass is 16.1. The third-order valence-electron chi connectivity index (χ3n) is 6.61. The first-order valence-electron chi connectivity index (χ1n) is 12.2. The zero-order valence-corrected chi connectivity index (χ0v) is 20.2. The second-order valence-electron chi connectivity index (χ2n) is 9.12. The van der Waals surface area contributed by atoms with Gasteiger partial charge in [-0.15, -0.1) is 0 Å². The van der Waals surface area contributed by atoms with Gasteiger partial charge in [0, 0.05) is 42.9 Å². The van der Waals surface area contributed by atoms with Gasteiger partial charge in [-0.2, -0.15) is 0 Å². The van der Waals surface area contributed by atoms with Crippen molar-refractivity contribution < 1.29 is 4.79 Å². The summed E-state index contributed by atoms with van der Waals surface area (Å²) in [7, 11) is 0. The summed E-state index contributed by atoms with van der Waals surface area (Å²) < 4.78 is 0. The first-order chi connectivity index (χ1) is 17.1. The Kier molecular flexibility index (Phi) is 6.72. The number of piperidine rings is 1. The predicted octanol–water partition coefficient (Wildman–Crippen LogP) is 4.62. The molecule has 3 heterocycles. The van der Waals surface area contributed by atoms with Crippen molar-refractivity contribution >= 4 is 28.3 Å². The van der Waals surface area contributed by atoms with Crippen molar-refractivity contribution in [3.05, 3.63) is 78.1 Å². The lowest BCUT2D eigenvalue weighted by atomic mass is 10.0. The van der Waals surface area contributed by atoms with Gasteiger partial charge in [0.1, 0.15) is 11.5 Å². The Balaban J connectivity index is 1.15. The molecule has 0 unspecified atom stereocenters. The molecule has 2 aromatic carbocycles. The van der Waals surface area contributed by atoms with Gasteiger partial charge in [0.05, 0.1) is 23.3 Å². The van der Waals surface area contributed by atoms with Crippen LogP contribution >= 0.6 is 0 Å². The van der Waals surface area contributed by atoms with E-state index in [-0.39, 0.29) is 11.9 Å². The van der Waals surface area contributed by atoms with Gasteiger partial charge in [-0.3, -0.25) is 9.78 Å². The van der Waals surface area contributed by atoms with Crippen molar-refractivity contribution in [2.24, 2.45) is 0 Å². The van der Waals surface area contributed by atoms with E-state index < -0.39 is 0 Å². The van der Waals surface area contributed by atoms with E-state index in [0.29, 0.717) is 11.7 Å². The number of benzene rings is 2. The third kappa shape index (κ3) is 5.33. The van der Waals surface area contributed by atoms with Crippen LogP contribution in [0.1, 0.15) is 54.1 Å². The minimum atomic E-state index is -0.261. The summed E-state index contributed by atoms with van der Waals surface area (Å²) in [5.41, 5.74) is 5.58. The topological polar surface area (TPSA) is 98.8 Å². The summed E-state index contributed by atoms with van der Waals surface area (Å²) in [6.07, 6.45) is 7.64. The Morgan fingerprint density at radius 2 is 1.94 bits per heavy atom. The van der Waals surface area contributed by atoms with Crippen molar-refractivity contribution in [2.45, 2.75) is 45.2 Å². The van der Waals surface area contributed by atoms with E-state index in [1.165, 1.54) is 23.6 Å². The number of nitrogens with zero attached hydrogens (tertiary/aromatic N) is 4. The average molecular weight is 470 g/mol. The number of hydrogen-bond donors (Lipinski definition) is 3. The maximum absolute atomic E-state index is 12.3. The molecule has 5 rings (SSSR count). The predicted molar refractivity (Wildman–Crippen MR) is 139 cm³/mol. The van der Waals surface area contributed by atoms with Gasteiger partial charge in [0.25, 0.3) is 5.91 Å². The molecule has 1 atom stereocenters. The molecule has 0 saturated carbocycles. The lowest BCUT2D eigenvalue weighted by molar-refractivity contribution is 0.102. The maximum Gasteiger partial charge on any atom is 0.275 e. The Labute approximate surface area is 205 Å². The summed E-state index contributed by atoms with van der Waals surface area (Å²) in [6.45, 7) is 6.28. The molecule has 1 aliphatic heterocycles. The second-order valence-corrected chi connectivity index (χ2v) is 9.12. The average Bonchev–Trinajstić information content (AvgIpc) is 3.31. The Bertz CT molecular complexity index is 1280. The monoisotopic (exact) mass is 469 g/mol. The summed E-state index contributed by atoms with van der Waals surface area (Å²) >= 11 is 0. The van der Waals surface area contributed by atoms with Gasteiger partial charge in [-0.25, -0.2) is 9.97 Å². The Morgan fingerprint density at radius 3 is 2.66 bits per heavy atom. The largest absolute Gasteiger partial charge is 0.371 e. The van der Waals surface area contributed by atoms with Crippen LogP contribution in [-0.2, 0) is 0 Å². The number of amides is 1. The van der Waals surface area contributed by atoms with E-state index in [4.69, 9.17) is 4.98 Å². The van der Waals surface area contributed by atoms with E-state index >= 15 is 0 Å². The lowest BCUT2D eigenvalue weighted by Gasteiger charge is -2.35. The quantitative estimate of drug-likeness (QED) is 0.365. The number of carbonyl (C=O) groups excluding carboxylic acids is 1. The van der Waals surface area contributed by atoms with Crippen LogP contribution in [-0.4, -0.2) is 45.0 Å². The molecule has 2 aromatic heterocycles. The van der Waals surface area contributed by atoms with Crippen molar-refractivity contribution in [2.75, 3.05) is 23.3 Å². The van der Waals surface area contributed by atoms with Crippen molar-refractivity contribution in [1.82, 2.24) is 25.3 Å². The molecule has 0 radical (unpaired) electrons. The standard InChI is InChI=1S/C27H31N7O/c1-3-22(26-32-23-9-4-18(2)16-24(23)33-26)30-20-10-14-34(15-11-20)21-7-5-19(6-8-21)31-27(35)25-17-28-12-13-29-25/h4-9,12-13,16-17,20,22,30H,3,10-11,14-15H2,1-2H3,(H,31,35)(H,32,33)/t22-/m1/s1. The van der Waals surface area contributed by atoms with Crippen LogP contribution in [0.3, 0.4) is 0 Å². The third-order valence-corrected chi connectivity index (χ3v) is 6.61. The van der Waals surface area contributed by atoms with Crippen molar-refractivity contribution in [1.29, 1.82) is 0 Å². The van der Waals surface area contributed by atoms with Gasteiger partial charge < -0.3 is 20.5 Å². The number of aromatic nitrogens is 4. The van der Waals surface area contributed by atoms with Crippen LogP contribution in [0.2, 0.25) is 0 Å². The molecule has 1 fully saturated rings. The number of H-pyrrole nitrogens is 1. The molecule has 4 aromatic rings. The smallest absolute Gasteiger partial charge is 0.275 e. The number of carbonyl (C=O) groups is 1. The van der Waals surface area contributed by atoms with Crippen LogP contribution < -0.4 is 15.5 Å². The van der Waals surface area contributed by atoms with Gasteiger partial charge >= 0.3 is 0 Å². The number of aromatic amines is 1. The zero-order chi connectivity index (χ0) is 24.2. The van der Waals surface area contributed by atoms with Crippen LogP contribution in [0.5, 0.6) is 0 Å². The molecule has 1 amide bonds. The number of anilines is 2. The summed E-state index contributed by atoms with van der Waals surface area (Å²) in [6, 6.07) is 15.0. The number of imidazole rings is 1. The molecule has 0 spiro atoms. The fraction of sp³-hybridized carbons (Fsp3) is 0.333. The fourth-order valence-electron chi connectivity index (χ4n) is 4.65. The highest BCUT2D eigenvalue weighted by Gasteiger charge is 2.23. The number of rotatable bonds is 7. The van der Waals surface area contributed by atoms with E-state index in [1.807, 2.05) is 12.1 Å². The normalized spacial score (nSPS) is 15.3. The molecule has 8 nitrogen and oxygen atoms in total. The highest BCUT2D eigenvalue weighted by molar-refractivity contribution is 6.02. The SMILES string of the molecule is CC[C@@H](NC1CCN(c2ccc(NC(=O)c3cnccn3)cc2)CC1)c1nc2ccc(C)cc2[nH]1. The molecule has 1 saturated heterocycles. The molecular formula is C27H31N7O. The van der Waals surface area contributed by atoms with E-state index in [0.717, 1.165) is 54.9 Å². The molecule has 35 heavy (non-hydrogen) atoms. The van der Waals surface area contributed by atoms with Gasteiger partial charge in [0.2, 0.25) is 0 Å². The first kappa shape index (κ1) is 23.0. The number of aryl methyl sites for hydroxylation is 1. The van der Waals surface area contributed by atoms with Crippen LogP contribution in [0.25, 0.3) is 11.0 Å². The summed E-state index contributed by atoms with van der Waals surface area (Å²) in [4.78, 5) is 31.0. The molecule has 8 heteroatoms. The van der Waals surface area contributed by atoms with Crippen molar-refractivity contribution in [3.63, 3.8) is 0 Å². The minimum absolute atomic E-state index is 0.219. The molecule has 1 aliphatic rings. The van der Waals surface area contributed by atoms with E-state index in [2.05, 4.69) is 74.7 Å². The first-order valence-corrected chi connectivity index (χ1v) is 12.2. The Hall–Kier alpha value is -3.78. The summed E-state index contributed by atoms with van der Waals surface area (Å²) in [5.74, 6) is 0.762. The number of hydrogen-bond acceptors (Lipinski definition) is 6. The van der Waals surface area contributed by atoms with Gasteiger partial charge in [-0.1, -0.05) is 13.0 Å².